The van der Waals surface area contributed by atoms with E-state index in [0.29, 0.717) is 0 Å². The number of halogens is 9. The molecule has 0 heterocycles. The van der Waals surface area contributed by atoms with Gasteiger partial charge in [-0.3, -0.25) is 0 Å². The highest BCUT2D eigenvalue weighted by Crippen LogP contribution is 2.32. The number of benzene rings is 1. The van der Waals surface area contributed by atoms with E-state index in [2.05, 4.69) is 0 Å². The van der Waals surface area contributed by atoms with E-state index >= 15 is 0 Å². The third kappa shape index (κ3) is 2.56. The normalized spacial score (nSPS) is 14.5. The first-order valence-electron chi connectivity index (χ1n) is 5.09. The lowest BCUT2D eigenvalue weighted by molar-refractivity contribution is -0.949. The Morgan fingerprint density at radius 3 is 1.80 bits per heavy atom. The molecule has 0 saturated heterocycles. The molecule has 114 valence electrons. The first-order chi connectivity index (χ1) is 8.95. The average Bonchev–Trinajstić information content (AvgIpc) is 2.32. The van der Waals surface area contributed by atoms with E-state index in [0.717, 1.165) is 6.92 Å². The van der Waals surface area contributed by atoms with Crippen molar-refractivity contribution < 1.29 is 44.4 Å². The maximum Gasteiger partial charge on any atom is 0.515 e. The summed E-state index contributed by atoms with van der Waals surface area (Å²) in [6.45, 7) is -0.235. The van der Waals surface area contributed by atoms with Gasteiger partial charge in [-0.25, -0.2) is 18.1 Å². The largest absolute Gasteiger partial charge is 0.515 e. The van der Waals surface area contributed by atoms with Crippen LogP contribution in [-0.2, 0) is 0 Å². The zero-order valence-corrected chi connectivity index (χ0v) is 9.69. The number of hydrogen-bond donors (Lipinski definition) is 1. The van der Waals surface area contributed by atoms with Crippen molar-refractivity contribution in [2.24, 2.45) is 0 Å². The average molecular weight is 312 g/mol. The summed E-state index contributed by atoms with van der Waals surface area (Å²) in [4.78, 5) is -1.89. The van der Waals surface area contributed by atoms with Crippen molar-refractivity contribution in [3.05, 3.63) is 29.3 Å². The van der Waals surface area contributed by atoms with Crippen LogP contribution in [0.25, 0.3) is 0 Å². The molecule has 20 heavy (non-hydrogen) atoms. The fourth-order valence-electron chi connectivity index (χ4n) is 1.55. The van der Waals surface area contributed by atoms with Crippen molar-refractivity contribution in [1.82, 2.24) is 0 Å². The van der Waals surface area contributed by atoms with Crippen LogP contribution in [0.5, 0.6) is 0 Å². The molecule has 0 aliphatic heterocycles. The van der Waals surface area contributed by atoms with Crippen LogP contribution in [-0.4, -0.2) is 18.8 Å². The number of alkyl halides is 5. The molecule has 1 aromatic rings. The Labute approximate surface area is 106 Å². The molecule has 0 aromatic heterocycles. The second-order valence-corrected chi connectivity index (χ2v) is 3.75. The van der Waals surface area contributed by atoms with Crippen molar-refractivity contribution in [1.29, 1.82) is 0 Å². The molecule has 1 nitrogen and oxygen atoms in total. The van der Waals surface area contributed by atoms with Crippen LogP contribution in [0.15, 0.2) is 6.07 Å². The Bertz CT molecular complexity index is 508. The third-order valence-electron chi connectivity index (χ3n) is 2.52. The van der Waals surface area contributed by atoms with Crippen molar-refractivity contribution in [2.45, 2.75) is 19.1 Å². The highest BCUT2D eigenvalue weighted by Gasteiger charge is 2.67. The Morgan fingerprint density at radius 2 is 1.40 bits per heavy atom. The summed E-state index contributed by atoms with van der Waals surface area (Å²) in [7, 11) is 0. The molecule has 1 atom stereocenters. The summed E-state index contributed by atoms with van der Waals surface area (Å²) < 4.78 is 115. The zero-order chi connectivity index (χ0) is 15.9. The Morgan fingerprint density at radius 1 is 0.900 bits per heavy atom. The predicted octanol–water partition coefficient (Wildman–Crippen LogP) is 2.93. The third-order valence-corrected chi connectivity index (χ3v) is 2.52. The van der Waals surface area contributed by atoms with Crippen LogP contribution in [0.3, 0.4) is 0 Å². The highest BCUT2D eigenvalue weighted by molar-refractivity contribution is 5.33. The molecule has 1 rings (SSSR count). The van der Waals surface area contributed by atoms with Gasteiger partial charge < -0.3 is 0 Å². The van der Waals surface area contributed by atoms with Gasteiger partial charge in [-0.15, -0.1) is 8.78 Å². The van der Waals surface area contributed by atoms with Crippen molar-refractivity contribution in [3.63, 3.8) is 0 Å². The smallest absolute Gasteiger partial charge is 0.231 e. The quantitative estimate of drug-likeness (QED) is 0.379. The van der Waals surface area contributed by atoms with Gasteiger partial charge in [0.2, 0.25) is 11.6 Å². The van der Waals surface area contributed by atoms with Crippen molar-refractivity contribution in [3.8, 4) is 0 Å². The number of hydrogen-bond acceptors (Lipinski definition) is 0. The summed E-state index contributed by atoms with van der Waals surface area (Å²) in [5.74, 6) is -9.12. The van der Waals surface area contributed by atoms with E-state index < -0.39 is 52.6 Å². The van der Waals surface area contributed by atoms with Crippen LogP contribution < -0.4 is 4.90 Å². The lowest BCUT2D eigenvalue weighted by atomic mass is 10.2. The fourth-order valence-corrected chi connectivity index (χ4v) is 1.55. The zero-order valence-electron chi connectivity index (χ0n) is 9.69. The van der Waals surface area contributed by atoms with E-state index in [1.54, 1.807) is 0 Å². The van der Waals surface area contributed by atoms with E-state index in [4.69, 9.17) is 0 Å². The molecule has 0 radical (unpaired) electrons. The van der Waals surface area contributed by atoms with Gasteiger partial charge in [-0.05, 0) is 6.92 Å². The predicted molar refractivity (Wildman–Crippen MR) is 48.4 cm³/mol. The fraction of sp³-hybridized carbons (Fsp3) is 0.400. The molecular formula is C10H7F9N+. The Balaban J connectivity index is 3.49. The summed E-state index contributed by atoms with van der Waals surface area (Å²) in [5, 5.41) is 0. The molecule has 0 aliphatic rings. The van der Waals surface area contributed by atoms with Crippen molar-refractivity contribution in [2.75, 3.05) is 6.54 Å². The molecule has 1 N–H and O–H groups in total. The summed E-state index contributed by atoms with van der Waals surface area (Å²) in [6, 6.07) is -5.73. The molecule has 0 saturated carbocycles. The second-order valence-electron chi connectivity index (χ2n) is 3.75. The Hall–Kier alpha value is -1.45. The molecule has 0 fully saturated rings. The maximum absolute atomic E-state index is 13.3. The van der Waals surface area contributed by atoms with Gasteiger partial charge in [0.15, 0.2) is 17.3 Å². The summed E-state index contributed by atoms with van der Waals surface area (Å²) in [6.07, 6.45) is -6.08. The number of quaternary nitrogens is 1. The second kappa shape index (κ2) is 5.15. The van der Waals surface area contributed by atoms with Gasteiger partial charge >= 0.3 is 12.2 Å². The van der Waals surface area contributed by atoms with E-state index in [1.165, 1.54) is 0 Å². The topological polar surface area (TPSA) is 4.44 Å². The van der Waals surface area contributed by atoms with Gasteiger partial charge in [-0.2, -0.15) is 17.6 Å². The number of nitrogens with one attached hydrogen (secondary N) is 1. The highest BCUT2D eigenvalue weighted by atomic mass is 19.4. The minimum Gasteiger partial charge on any atom is -0.231 e. The summed E-state index contributed by atoms with van der Waals surface area (Å²) in [5.41, 5.74) is -1.65. The van der Waals surface area contributed by atoms with Crippen LogP contribution in [0.2, 0.25) is 0 Å². The van der Waals surface area contributed by atoms with E-state index in [9.17, 15) is 39.5 Å². The van der Waals surface area contributed by atoms with Crippen LogP contribution in [0.4, 0.5) is 45.2 Å². The molecule has 1 aromatic carbocycles. The molecule has 0 spiro atoms. The summed E-state index contributed by atoms with van der Waals surface area (Å²) >= 11 is 0. The van der Waals surface area contributed by atoms with Crippen LogP contribution in [0.1, 0.15) is 6.92 Å². The van der Waals surface area contributed by atoms with Gasteiger partial charge in [-0.1, -0.05) is 0 Å². The maximum atomic E-state index is 13.3. The standard InChI is InChI=1S/C10H6F9N/c1-2-20(10(18,19)9(15,16)17)5-3-4(11)6(12)8(14)7(5)13/h3H,2H2,1H3/p+1. The van der Waals surface area contributed by atoms with Gasteiger partial charge in [0.25, 0.3) is 0 Å². The SMILES string of the molecule is CC[NH+](c1cc(F)c(F)c(F)c1F)C(F)(F)C(F)(F)F. The van der Waals surface area contributed by atoms with Gasteiger partial charge in [0.1, 0.15) is 0 Å². The monoisotopic (exact) mass is 312 g/mol. The Kier molecular flexibility index (Phi) is 4.28. The first kappa shape index (κ1) is 16.6. The van der Waals surface area contributed by atoms with E-state index in [1.807, 2.05) is 0 Å². The minimum atomic E-state index is -6.08. The number of rotatable bonds is 3. The van der Waals surface area contributed by atoms with E-state index in [-0.39, 0.29) is 6.07 Å². The molecular weight excluding hydrogens is 305 g/mol. The first-order valence-corrected chi connectivity index (χ1v) is 5.09. The minimum absolute atomic E-state index is 0.230. The van der Waals surface area contributed by atoms with Crippen molar-refractivity contribution >= 4 is 5.69 Å². The molecule has 10 heteroatoms. The molecule has 1 unspecified atom stereocenters. The molecule has 0 amide bonds. The molecule has 0 aliphatic carbocycles. The van der Waals surface area contributed by atoms with Gasteiger partial charge in [0.05, 0.1) is 6.54 Å². The molecule has 0 bridgehead atoms. The van der Waals surface area contributed by atoms with Gasteiger partial charge in [0, 0.05) is 6.07 Å². The van der Waals surface area contributed by atoms with Crippen LogP contribution in [0, 0.1) is 23.3 Å². The van der Waals surface area contributed by atoms with Crippen LogP contribution >= 0.6 is 0 Å². The lowest BCUT2D eigenvalue weighted by Gasteiger charge is -2.27. The lowest BCUT2D eigenvalue weighted by Crippen LogP contribution is -3.16.